The molecule has 0 saturated carbocycles. The molecule has 11 heteroatoms. The van der Waals surface area contributed by atoms with Gasteiger partial charge in [-0.15, -0.1) is 11.3 Å². The second-order valence-electron chi connectivity index (χ2n) is 7.23. The number of nitro benzene ring substituents is 1. The number of hydrogen-bond acceptors (Lipinski definition) is 7. The standard InChI is InChI=1S/C24H17BrFN3O5S/c1-33-20-9-16(19(25)11-21(20)34-13-14-3-2-4-17(26)7-14)12-27-28-24(30)23-10-15-8-18(29(31)32)5-6-22(15)35-23/h2-12H,13H2,1H3,(H,28,30)/b27-12-. The van der Waals surface area contributed by atoms with Gasteiger partial charge in [0.15, 0.2) is 11.5 Å². The van der Waals surface area contributed by atoms with E-state index >= 15 is 0 Å². The number of hydrazone groups is 1. The molecule has 0 saturated heterocycles. The van der Waals surface area contributed by atoms with Crippen molar-refractivity contribution in [2.75, 3.05) is 7.11 Å². The van der Waals surface area contributed by atoms with Crippen molar-refractivity contribution in [1.29, 1.82) is 0 Å². The Morgan fingerprint density at radius 1 is 1.20 bits per heavy atom. The highest BCUT2D eigenvalue weighted by Gasteiger charge is 2.14. The molecule has 0 spiro atoms. The van der Waals surface area contributed by atoms with Crippen LogP contribution in [0.4, 0.5) is 10.1 Å². The Balaban J connectivity index is 1.45. The lowest BCUT2D eigenvalue weighted by atomic mass is 10.2. The molecular formula is C24H17BrFN3O5S. The van der Waals surface area contributed by atoms with Crippen LogP contribution in [0.15, 0.2) is 70.2 Å². The van der Waals surface area contributed by atoms with Crippen molar-refractivity contribution in [2.45, 2.75) is 6.61 Å². The molecule has 1 heterocycles. The average molecular weight is 558 g/mol. The SMILES string of the molecule is COc1cc(/C=N\NC(=O)c2cc3cc([N+](=O)[O-])ccc3s2)c(Br)cc1OCc1cccc(F)c1. The Kier molecular flexibility index (Phi) is 7.37. The van der Waals surface area contributed by atoms with Gasteiger partial charge in [0.2, 0.25) is 0 Å². The number of carbonyl (C=O) groups is 1. The summed E-state index contributed by atoms with van der Waals surface area (Å²) in [4.78, 5) is 23.3. The number of non-ortho nitro benzene ring substituents is 1. The zero-order chi connectivity index (χ0) is 24.9. The van der Waals surface area contributed by atoms with Crippen LogP contribution in [0, 0.1) is 15.9 Å². The third kappa shape index (κ3) is 5.81. The van der Waals surface area contributed by atoms with E-state index in [2.05, 4.69) is 26.5 Å². The molecular weight excluding hydrogens is 541 g/mol. The molecule has 0 atom stereocenters. The molecule has 1 N–H and O–H groups in total. The maximum absolute atomic E-state index is 13.4. The van der Waals surface area contributed by atoms with E-state index in [1.165, 1.54) is 48.9 Å². The highest BCUT2D eigenvalue weighted by atomic mass is 79.9. The minimum atomic E-state index is -0.481. The number of hydrogen-bond donors (Lipinski definition) is 1. The summed E-state index contributed by atoms with van der Waals surface area (Å²) in [7, 11) is 1.49. The molecule has 8 nitrogen and oxygen atoms in total. The normalized spacial score (nSPS) is 11.1. The molecule has 35 heavy (non-hydrogen) atoms. The minimum absolute atomic E-state index is 0.0394. The van der Waals surface area contributed by atoms with Crippen LogP contribution in [0.1, 0.15) is 20.8 Å². The second-order valence-corrected chi connectivity index (χ2v) is 9.17. The van der Waals surface area contributed by atoms with Crippen molar-refractivity contribution in [1.82, 2.24) is 5.43 Å². The number of rotatable bonds is 8. The number of nitrogens with zero attached hydrogens (tertiary/aromatic N) is 2. The Morgan fingerprint density at radius 2 is 2.03 bits per heavy atom. The fourth-order valence-corrected chi connectivity index (χ4v) is 4.54. The van der Waals surface area contributed by atoms with Gasteiger partial charge in [-0.05, 0) is 57.9 Å². The van der Waals surface area contributed by atoms with Gasteiger partial charge in [0.05, 0.1) is 23.1 Å². The molecule has 0 fully saturated rings. The van der Waals surface area contributed by atoms with Crippen molar-refractivity contribution in [3.8, 4) is 11.5 Å². The van der Waals surface area contributed by atoms with Gasteiger partial charge in [0.1, 0.15) is 12.4 Å². The van der Waals surface area contributed by atoms with E-state index in [1.54, 1.807) is 36.4 Å². The van der Waals surface area contributed by atoms with E-state index in [0.29, 0.717) is 37.4 Å². The first-order valence-corrected chi connectivity index (χ1v) is 11.7. The number of benzene rings is 3. The quantitative estimate of drug-likeness (QED) is 0.161. The molecule has 4 aromatic rings. The van der Waals surface area contributed by atoms with Crippen LogP contribution in [0.25, 0.3) is 10.1 Å². The smallest absolute Gasteiger partial charge is 0.281 e. The van der Waals surface area contributed by atoms with Gasteiger partial charge in [-0.3, -0.25) is 14.9 Å². The molecule has 4 rings (SSSR count). The molecule has 0 aliphatic carbocycles. The Bertz CT molecular complexity index is 1460. The van der Waals surface area contributed by atoms with Crippen molar-refractivity contribution in [3.63, 3.8) is 0 Å². The van der Waals surface area contributed by atoms with Crippen LogP contribution in [-0.4, -0.2) is 24.2 Å². The first-order chi connectivity index (χ1) is 16.8. The van der Waals surface area contributed by atoms with Gasteiger partial charge in [0.25, 0.3) is 11.6 Å². The van der Waals surface area contributed by atoms with Gasteiger partial charge >= 0.3 is 0 Å². The Morgan fingerprint density at radius 3 is 2.77 bits per heavy atom. The Labute approximate surface area is 211 Å². The predicted octanol–water partition coefficient (Wildman–Crippen LogP) is 6.06. The fourth-order valence-electron chi connectivity index (χ4n) is 3.18. The number of ether oxygens (including phenoxy) is 2. The summed E-state index contributed by atoms with van der Waals surface area (Å²) >= 11 is 4.66. The van der Waals surface area contributed by atoms with Crippen LogP contribution in [-0.2, 0) is 6.61 Å². The van der Waals surface area contributed by atoms with Gasteiger partial charge in [-0.1, -0.05) is 12.1 Å². The summed E-state index contributed by atoms with van der Waals surface area (Å²) in [6.07, 6.45) is 1.44. The Hall–Kier alpha value is -3.83. The third-order valence-electron chi connectivity index (χ3n) is 4.87. The van der Waals surface area contributed by atoms with Gasteiger partial charge in [0, 0.05) is 32.3 Å². The lowest BCUT2D eigenvalue weighted by molar-refractivity contribution is -0.384. The summed E-state index contributed by atoms with van der Waals surface area (Å²) < 4.78 is 26.0. The number of halogens is 2. The first kappa shape index (κ1) is 24.3. The summed E-state index contributed by atoms with van der Waals surface area (Å²) in [5, 5.41) is 15.6. The number of methoxy groups -OCH3 is 1. The molecule has 1 amide bonds. The number of nitro groups is 1. The molecule has 0 bridgehead atoms. The minimum Gasteiger partial charge on any atom is -0.493 e. The van der Waals surface area contributed by atoms with E-state index in [1.807, 2.05) is 0 Å². The van der Waals surface area contributed by atoms with E-state index in [4.69, 9.17) is 9.47 Å². The van der Waals surface area contributed by atoms with Gasteiger partial charge < -0.3 is 9.47 Å². The number of thiophene rings is 1. The van der Waals surface area contributed by atoms with Crippen LogP contribution < -0.4 is 14.9 Å². The molecule has 3 aromatic carbocycles. The highest BCUT2D eigenvalue weighted by Crippen LogP contribution is 2.33. The summed E-state index contributed by atoms with van der Waals surface area (Å²) in [6.45, 7) is 0.155. The van der Waals surface area contributed by atoms with Crippen LogP contribution in [0.5, 0.6) is 11.5 Å². The molecule has 0 aliphatic heterocycles. The molecule has 0 aliphatic rings. The maximum Gasteiger partial charge on any atom is 0.281 e. The van der Waals surface area contributed by atoms with Crippen LogP contribution >= 0.6 is 27.3 Å². The third-order valence-corrected chi connectivity index (χ3v) is 6.67. The highest BCUT2D eigenvalue weighted by molar-refractivity contribution is 9.10. The lowest BCUT2D eigenvalue weighted by Gasteiger charge is -2.13. The number of nitrogens with one attached hydrogen (secondary N) is 1. The van der Waals surface area contributed by atoms with E-state index in [-0.39, 0.29) is 18.1 Å². The van der Waals surface area contributed by atoms with Crippen LogP contribution in [0.3, 0.4) is 0 Å². The van der Waals surface area contributed by atoms with Crippen molar-refractivity contribution in [3.05, 3.63) is 97.1 Å². The van der Waals surface area contributed by atoms with E-state index in [0.717, 1.165) is 4.70 Å². The van der Waals surface area contributed by atoms with Crippen molar-refractivity contribution < 1.29 is 23.6 Å². The second kappa shape index (κ2) is 10.6. The zero-order valence-corrected chi connectivity index (χ0v) is 20.6. The summed E-state index contributed by atoms with van der Waals surface area (Å²) in [6, 6.07) is 15.5. The maximum atomic E-state index is 13.4. The number of fused-ring (bicyclic) bond motifs is 1. The number of amides is 1. The average Bonchev–Trinajstić information content (AvgIpc) is 3.27. The topological polar surface area (TPSA) is 103 Å². The summed E-state index contributed by atoms with van der Waals surface area (Å²) in [5.41, 5.74) is 3.71. The summed E-state index contributed by atoms with van der Waals surface area (Å²) in [5.74, 6) is 0.0979. The van der Waals surface area contributed by atoms with E-state index < -0.39 is 10.8 Å². The van der Waals surface area contributed by atoms with Gasteiger partial charge in [-0.2, -0.15) is 5.10 Å². The molecule has 1 aromatic heterocycles. The largest absolute Gasteiger partial charge is 0.493 e. The van der Waals surface area contributed by atoms with Gasteiger partial charge in [-0.25, -0.2) is 9.82 Å². The van der Waals surface area contributed by atoms with Crippen molar-refractivity contribution in [2.24, 2.45) is 5.10 Å². The molecule has 178 valence electrons. The lowest BCUT2D eigenvalue weighted by Crippen LogP contribution is -2.16. The predicted molar refractivity (Wildman–Crippen MR) is 135 cm³/mol. The molecule has 0 radical (unpaired) electrons. The van der Waals surface area contributed by atoms with E-state index in [9.17, 15) is 19.3 Å². The number of carbonyl (C=O) groups excluding carboxylic acids is 1. The fraction of sp³-hybridized carbons (Fsp3) is 0.0833. The monoisotopic (exact) mass is 557 g/mol. The molecule has 0 unspecified atom stereocenters. The van der Waals surface area contributed by atoms with Crippen LogP contribution in [0.2, 0.25) is 0 Å². The zero-order valence-electron chi connectivity index (χ0n) is 18.2. The van der Waals surface area contributed by atoms with Crippen molar-refractivity contribution >= 4 is 55.2 Å². The first-order valence-electron chi connectivity index (χ1n) is 10.1.